The van der Waals surface area contributed by atoms with E-state index in [1.807, 2.05) is 24.3 Å². The molecule has 0 fully saturated rings. The molecule has 0 aliphatic heterocycles. The molecule has 0 aliphatic carbocycles. The van der Waals surface area contributed by atoms with Crippen LogP contribution in [0.1, 0.15) is 43.7 Å². The van der Waals surface area contributed by atoms with Gasteiger partial charge in [0, 0.05) is 0 Å². The Morgan fingerprint density at radius 3 is 2.09 bits per heavy atom. The van der Waals surface area contributed by atoms with Crippen molar-refractivity contribution in [2.45, 2.75) is 39.0 Å². The first-order valence-electron chi connectivity index (χ1n) is 8.27. The fourth-order valence-corrected chi connectivity index (χ4v) is 2.57. The van der Waals surface area contributed by atoms with E-state index in [1.54, 1.807) is 6.08 Å². The number of benzene rings is 2. The summed E-state index contributed by atoms with van der Waals surface area (Å²) >= 11 is 0. The number of carbonyl (C=O) groups excluding carboxylic acids is 1. The summed E-state index contributed by atoms with van der Waals surface area (Å²) in [5.74, 6) is -1.18. The van der Waals surface area contributed by atoms with Crippen LogP contribution in [0, 0.1) is 0 Å². The Hall–Kier alpha value is -2.35. The summed E-state index contributed by atoms with van der Waals surface area (Å²) in [6, 6.07) is 16.5. The molecule has 23 heavy (non-hydrogen) atoms. The molecule has 0 N–H and O–H groups in total. The van der Waals surface area contributed by atoms with Crippen LogP contribution in [-0.2, 0) is 11.2 Å². The summed E-state index contributed by atoms with van der Waals surface area (Å²) in [7, 11) is 0. The third-order valence-corrected chi connectivity index (χ3v) is 3.93. The molecule has 0 bridgehead atoms. The number of unbranched alkanes of at least 4 members (excludes halogenated alkanes) is 3. The highest BCUT2D eigenvalue weighted by Gasteiger charge is 1.99. The predicted molar refractivity (Wildman–Crippen MR) is 93.8 cm³/mol. The van der Waals surface area contributed by atoms with Crippen molar-refractivity contribution in [1.82, 2.24) is 0 Å². The molecule has 0 atom stereocenters. The van der Waals surface area contributed by atoms with Gasteiger partial charge in [-0.1, -0.05) is 80.8 Å². The monoisotopic (exact) mass is 307 g/mol. The Morgan fingerprint density at radius 1 is 0.913 bits per heavy atom. The minimum atomic E-state index is -1.18. The number of hydrogen-bond donors (Lipinski definition) is 0. The molecule has 0 aromatic heterocycles. The molecule has 0 amide bonds. The van der Waals surface area contributed by atoms with Gasteiger partial charge < -0.3 is 9.90 Å². The number of rotatable bonds is 8. The predicted octanol–water partition coefficient (Wildman–Crippen LogP) is 4.24. The molecule has 0 saturated carbocycles. The molecule has 0 heterocycles. The van der Waals surface area contributed by atoms with E-state index in [2.05, 4.69) is 31.2 Å². The highest BCUT2D eigenvalue weighted by atomic mass is 16.4. The zero-order valence-corrected chi connectivity index (χ0v) is 13.6. The van der Waals surface area contributed by atoms with Gasteiger partial charge in [0.05, 0.1) is 5.97 Å². The second-order valence-corrected chi connectivity index (χ2v) is 5.78. The van der Waals surface area contributed by atoms with Gasteiger partial charge in [-0.15, -0.1) is 0 Å². The fourth-order valence-electron chi connectivity index (χ4n) is 2.57. The highest BCUT2D eigenvalue weighted by Crippen LogP contribution is 2.21. The van der Waals surface area contributed by atoms with Crippen LogP contribution in [0.25, 0.3) is 17.2 Å². The molecule has 2 rings (SSSR count). The van der Waals surface area contributed by atoms with Gasteiger partial charge in [0.1, 0.15) is 0 Å². The number of aryl methyl sites for hydroxylation is 1. The Balaban J connectivity index is 1.97. The molecule has 2 aromatic carbocycles. The summed E-state index contributed by atoms with van der Waals surface area (Å²) < 4.78 is 0. The van der Waals surface area contributed by atoms with E-state index in [9.17, 15) is 9.90 Å². The summed E-state index contributed by atoms with van der Waals surface area (Å²) in [5, 5.41) is 10.4. The first-order chi connectivity index (χ1) is 11.2. The van der Waals surface area contributed by atoms with Gasteiger partial charge in [0.25, 0.3) is 0 Å². The lowest BCUT2D eigenvalue weighted by molar-refractivity contribution is -0.297. The van der Waals surface area contributed by atoms with Crippen molar-refractivity contribution < 1.29 is 9.90 Å². The van der Waals surface area contributed by atoms with Gasteiger partial charge in [-0.05, 0) is 41.2 Å². The van der Waals surface area contributed by atoms with Gasteiger partial charge in [0.2, 0.25) is 0 Å². The van der Waals surface area contributed by atoms with Gasteiger partial charge in [0.15, 0.2) is 0 Å². The van der Waals surface area contributed by atoms with Crippen molar-refractivity contribution in [2.24, 2.45) is 0 Å². The van der Waals surface area contributed by atoms with E-state index in [0.717, 1.165) is 23.6 Å². The Morgan fingerprint density at radius 2 is 1.52 bits per heavy atom. The van der Waals surface area contributed by atoms with Crippen LogP contribution in [0.5, 0.6) is 0 Å². The third-order valence-electron chi connectivity index (χ3n) is 3.93. The smallest absolute Gasteiger partial charge is 0.0643 e. The Kier molecular flexibility index (Phi) is 6.61. The molecule has 0 unspecified atom stereocenters. The van der Waals surface area contributed by atoms with Crippen LogP contribution in [-0.4, -0.2) is 5.97 Å². The van der Waals surface area contributed by atoms with Gasteiger partial charge in [-0.3, -0.25) is 0 Å². The van der Waals surface area contributed by atoms with Gasteiger partial charge in [-0.25, -0.2) is 0 Å². The molecule has 0 spiro atoms. The molecule has 0 saturated heterocycles. The molecule has 2 aromatic rings. The molecule has 120 valence electrons. The lowest BCUT2D eigenvalue weighted by Gasteiger charge is -2.05. The topological polar surface area (TPSA) is 40.1 Å². The molecule has 0 aliphatic rings. The number of carboxylic acid groups (broad SMARTS) is 1. The summed E-state index contributed by atoms with van der Waals surface area (Å²) in [6.45, 7) is 2.23. The average Bonchev–Trinajstić information content (AvgIpc) is 2.58. The SMILES string of the molecule is CCCCCCc1ccc(-c2ccc(/C=C/C(=O)[O-])cc2)cc1. The normalized spacial score (nSPS) is 11.0. The first-order valence-corrected chi connectivity index (χ1v) is 8.27. The van der Waals surface area contributed by atoms with E-state index in [1.165, 1.54) is 36.8 Å². The molecule has 2 nitrogen and oxygen atoms in total. The molecule has 2 heteroatoms. The quantitative estimate of drug-likeness (QED) is 0.540. The summed E-state index contributed by atoms with van der Waals surface area (Å²) in [5.41, 5.74) is 4.55. The zero-order chi connectivity index (χ0) is 16.5. The van der Waals surface area contributed by atoms with Crippen LogP contribution in [0.2, 0.25) is 0 Å². The van der Waals surface area contributed by atoms with Crippen molar-refractivity contribution in [2.75, 3.05) is 0 Å². The largest absolute Gasteiger partial charge is 0.545 e. The first kappa shape index (κ1) is 17.0. The number of hydrogen-bond acceptors (Lipinski definition) is 2. The van der Waals surface area contributed by atoms with Crippen molar-refractivity contribution in [1.29, 1.82) is 0 Å². The van der Waals surface area contributed by atoms with Crippen LogP contribution in [0.4, 0.5) is 0 Å². The van der Waals surface area contributed by atoms with Gasteiger partial charge in [-0.2, -0.15) is 0 Å². The van der Waals surface area contributed by atoms with Crippen LogP contribution >= 0.6 is 0 Å². The second-order valence-electron chi connectivity index (χ2n) is 5.78. The van der Waals surface area contributed by atoms with Crippen molar-refractivity contribution >= 4 is 12.0 Å². The minimum Gasteiger partial charge on any atom is -0.545 e. The lowest BCUT2D eigenvalue weighted by atomic mass is 10.00. The Labute approximate surface area is 138 Å². The van der Waals surface area contributed by atoms with E-state index in [0.29, 0.717) is 0 Å². The van der Waals surface area contributed by atoms with E-state index < -0.39 is 5.97 Å². The molecule has 0 radical (unpaired) electrons. The standard InChI is InChI=1S/C21H24O2/c1-2-3-4-5-6-17-7-12-19(13-8-17)20-14-9-18(10-15-20)11-16-21(22)23/h7-16H,2-6H2,1H3,(H,22,23)/p-1/b16-11+. The number of aliphatic carboxylic acids is 1. The maximum absolute atomic E-state index is 10.4. The highest BCUT2D eigenvalue weighted by molar-refractivity contribution is 5.83. The summed E-state index contributed by atoms with van der Waals surface area (Å²) in [4.78, 5) is 10.4. The third kappa shape index (κ3) is 5.74. The van der Waals surface area contributed by atoms with Crippen molar-refractivity contribution in [3.05, 3.63) is 65.7 Å². The van der Waals surface area contributed by atoms with Crippen LogP contribution in [0.3, 0.4) is 0 Å². The second kappa shape index (κ2) is 8.94. The van der Waals surface area contributed by atoms with Gasteiger partial charge >= 0.3 is 0 Å². The van der Waals surface area contributed by atoms with Crippen molar-refractivity contribution in [3.8, 4) is 11.1 Å². The Bertz CT molecular complexity index is 637. The summed E-state index contributed by atoms with van der Waals surface area (Å²) in [6.07, 6.45) is 8.88. The maximum Gasteiger partial charge on any atom is 0.0643 e. The number of carbonyl (C=O) groups is 1. The molecular formula is C21H23O2-. The average molecular weight is 307 g/mol. The minimum absolute atomic E-state index is 0.852. The van der Waals surface area contributed by atoms with Crippen LogP contribution < -0.4 is 5.11 Å². The zero-order valence-electron chi connectivity index (χ0n) is 13.6. The lowest BCUT2D eigenvalue weighted by Crippen LogP contribution is -2.18. The van der Waals surface area contributed by atoms with Crippen molar-refractivity contribution in [3.63, 3.8) is 0 Å². The molecular weight excluding hydrogens is 284 g/mol. The van der Waals surface area contributed by atoms with E-state index in [-0.39, 0.29) is 0 Å². The number of carboxylic acids is 1. The van der Waals surface area contributed by atoms with E-state index in [4.69, 9.17) is 0 Å². The fraction of sp³-hybridized carbons (Fsp3) is 0.286. The van der Waals surface area contributed by atoms with E-state index >= 15 is 0 Å². The maximum atomic E-state index is 10.4. The van der Waals surface area contributed by atoms with Crippen LogP contribution in [0.15, 0.2) is 54.6 Å².